The lowest BCUT2D eigenvalue weighted by molar-refractivity contribution is -0.391. The number of aromatic amines is 1. The SMILES string of the molecule is NS(=O)(=O)c1c([N+](=O)[O-])[nH]c2ccccc12. The molecule has 0 aliphatic heterocycles. The van der Waals surface area contributed by atoms with E-state index in [1.165, 1.54) is 12.1 Å². The number of para-hydroxylation sites is 1. The van der Waals surface area contributed by atoms with E-state index < -0.39 is 25.7 Å². The molecule has 0 unspecified atom stereocenters. The molecule has 0 atom stereocenters. The molecule has 7 nitrogen and oxygen atoms in total. The zero-order valence-corrected chi connectivity index (χ0v) is 8.69. The summed E-state index contributed by atoms with van der Waals surface area (Å²) in [5.41, 5.74) is 0.359. The molecule has 0 fully saturated rings. The summed E-state index contributed by atoms with van der Waals surface area (Å²) in [5.74, 6) is -0.608. The molecule has 1 aromatic heterocycles. The van der Waals surface area contributed by atoms with Gasteiger partial charge >= 0.3 is 5.82 Å². The first kappa shape index (κ1) is 10.6. The molecular weight excluding hydrogens is 234 g/mol. The van der Waals surface area contributed by atoms with Crippen molar-refractivity contribution in [1.82, 2.24) is 4.98 Å². The maximum absolute atomic E-state index is 11.3. The maximum atomic E-state index is 11.3. The maximum Gasteiger partial charge on any atom is 0.342 e. The van der Waals surface area contributed by atoms with Crippen molar-refractivity contribution in [3.63, 3.8) is 0 Å². The van der Waals surface area contributed by atoms with E-state index in [2.05, 4.69) is 4.98 Å². The summed E-state index contributed by atoms with van der Waals surface area (Å²) >= 11 is 0. The van der Waals surface area contributed by atoms with Crippen LogP contribution in [-0.4, -0.2) is 18.3 Å². The molecule has 0 aliphatic rings. The second-order valence-corrected chi connectivity index (χ2v) is 4.65. The van der Waals surface area contributed by atoms with E-state index in [-0.39, 0.29) is 5.39 Å². The van der Waals surface area contributed by atoms with Gasteiger partial charge in [0.2, 0.25) is 10.0 Å². The van der Waals surface area contributed by atoms with Crippen LogP contribution in [0, 0.1) is 10.1 Å². The van der Waals surface area contributed by atoms with Gasteiger partial charge in [-0.25, -0.2) is 18.5 Å². The number of nitro groups is 1. The number of hydrogen-bond donors (Lipinski definition) is 2. The molecule has 1 heterocycles. The number of fused-ring (bicyclic) bond motifs is 1. The largest absolute Gasteiger partial charge is 0.358 e. The number of rotatable bonds is 2. The van der Waals surface area contributed by atoms with Crippen LogP contribution in [0.5, 0.6) is 0 Å². The first-order valence-corrected chi connectivity index (χ1v) is 5.74. The second-order valence-electron chi connectivity index (χ2n) is 3.15. The van der Waals surface area contributed by atoms with Crippen molar-refractivity contribution >= 4 is 26.7 Å². The lowest BCUT2D eigenvalue weighted by Gasteiger charge is -1.95. The lowest BCUT2D eigenvalue weighted by Crippen LogP contribution is -2.13. The van der Waals surface area contributed by atoms with Crippen molar-refractivity contribution in [3.8, 4) is 0 Å². The Morgan fingerprint density at radius 1 is 1.31 bits per heavy atom. The number of aromatic nitrogens is 1. The highest BCUT2D eigenvalue weighted by Gasteiger charge is 2.28. The number of nitrogens with two attached hydrogens (primary N) is 1. The van der Waals surface area contributed by atoms with Crippen molar-refractivity contribution in [1.29, 1.82) is 0 Å². The fraction of sp³-hybridized carbons (Fsp3) is 0. The second kappa shape index (κ2) is 3.29. The Labute approximate surface area is 90.1 Å². The van der Waals surface area contributed by atoms with Gasteiger partial charge in [-0.1, -0.05) is 12.1 Å². The van der Waals surface area contributed by atoms with Crippen LogP contribution in [0.25, 0.3) is 10.9 Å². The minimum atomic E-state index is -4.13. The monoisotopic (exact) mass is 241 g/mol. The molecule has 0 aliphatic carbocycles. The molecule has 3 N–H and O–H groups in total. The molecule has 0 saturated carbocycles. The number of hydrogen-bond acceptors (Lipinski definition) is 4. The molecule has 2 aromatic rings. The minimum Gasteiger partial charge on any atom is -0.358 e. The highest BCUT2D eigenvalue weighted by Crippen LogP contribution is 2.30. The Morgan fingerprint density at radius 2 is 1.94 bits per heavy atom. The van der Waals surface area contributed by atoms with E-state index in [4.69, 9.17) is 5.14 Å². The molecule has 84 valence electrons. The van der Waals surface area contributed by atoms with Crippen molar-refractivity contribution in [2.24, 2.45) is 5.14 Å². The van der Waals surface area contributed by atoms with Gasteiger partial charge in [0, 0.05) is 5.39 Å². The van der Waals surface area contributed by atoms with E-state index in [0.717, 1.165) is 0 Å². The van der Waals surface area contributed by atoms with Crippen LogP contribution >= 0.6 is 0 Å². The molecular formula is C8H7N3O4S. The highest BCUT2D eigenvalue weighted by molar-refractivity contribution is 7.89. The highest BCUT2D eigenvalue weighted by atomic mass is 32.2. The van der Waals surface area contributed by atoms with E-state index >= 15 is 0 Å². The van der Waals surface area contributed by atoms with Gasteiger partial charge in [-0.15, -0.1) is 0 Å². The Kier molecular flexibility index (Phi) is 2.17. The van der Waals surface area contributed by atoms with Crippen LogP contribution in [0.2, 0.25) is 0 Å². The quantitative estimate of drug-likeness (QED) is 0.594. The van der Waals surface area contributed by atoms with Crippen molar-refractivity contribution in [3.05, 3.63) is 34.4 Å². The van der Waals surface area contributed by atoms with Gasteiger partial charge in [-0.3, -0.25) is 0 Å². The number of sulfonamides is 1. The Morgan fingerprint density at radius 3 is 2.50 bits per heavy atom. The molecule has 2 rings (SSSR count). The summed E-state index contributed by atoms with van der Waals surface area (Å²) in [6, 6.07) is 6.21. The average Bonchev–Trinajstić information content (AvgIpc) is 2.55. The topological polar surface area (TPSA) is 119 Å². The number of H-pyrrole nitrogens is 1. The third-order valence-electron chi connectivity index (χ3n) is 2.11. The van der Waals surface area contributed by atoms with Crippen molar-refractivity contribution < 1.29 is 13.3 Å². The molecule has 8 heteroatoms. The normalized spacial score (nSPS) is 11.8. The lowest BCUT2D eigenvalue weighted by atomic mass is 10.2. The summed E-state index contributed by atoms with van der Waals surface area (Å²) in [4.78, 5) is 11.8. The zero-order valence-electron chi connectivity index (χ0n) is 7.88. The van der Waals surface area contributed by atoms with E-state index in [1.54, 1.807) is 12.1 Å². The number of nitrogens with one attached hydrogen (secondary N) is 1. The van der Waals surface area contributed by atoms with Gasteiger partial charge in [0.25, 0.3) is 0 Å². The first-order valence-electron chi connectivity index (χ1n) is 4.19. The fourth-order valence-corrected chi connectivity index (χ4v) is 2.40. The summed E-state index contributed by atoms with van der Waals surface area (Å²) in [6.07, 6.45) is 0. The third kappa shape index (κ3) is 1.53. The van der Waals surface area contributed by atoms with Gasteiger partial charge in [-0.2, -0.15) is 0 Å². The molecule has 16 heavy (non-hydrogen) atoms. The van der Waals surface area contributed by atoms with Crippen molar-refractivity contribution in [2.75, 3.05) is 0 Å². The average molecular weight is 241 g/mol. The van der Waals surface area contributed by atoms with Gasteiger partial charge < -0.3 is 10.1 Å². The molecule has 0 radical (unpaired) electrons. The van der Waals surface area contributed by atoms with Crippen LogP contribution < -0.4 is 5.14 Å². The zero-order chi connectivity index (χ0) is 11.9. The van der Waals surface area contributed by atoms with Gasteiger partial charge in [0.1, 0.15) is 5.52 Å². The summed E-state index contributed by atoms with van der Waals surface area (Å²) in [7, 11) is -4.13. The van der Waals surface area contributed by atoms with Gasteiger partial charge in [0.15, 0.2) is 4.90 Å². The minimum absolute atomic E-state index is 0.219. The Bertz CT molecular complexity index is 674. The predicted octanol–water partition coefficient (Wildman–Crippen LogP) is 0.724. The molecule has 0 bridgehead atoms. The molecule has 1 aromatic carbocycles. The summed E-state index contributed by atoms with van der Waals surface area (Å²) in [6.45, 7) is 0. The van der Waals surface area contributed by atoms with Crippen LogP contribution in [0.3, 0.4) is 0 Å². The predicted molar refractivity (Wildman–Crippen MR) is 56.3 cm³/mol. The Hall–Kier alpha value is -1.93. The number of nitrogens with zero attached hydrogens (tertiary/aromatic N) is 1. The van der Waals surface area contributed by atoms with E-state index in [1.807, 2.05) is 0 Å². The van der Waals surface area contributed by atoms with Crippen molar-refractivity contribution in [2.45, 2.75) is 4.90 Å². The fourth-order valence-electron chi connectivity index (χ4n) is 1.52. The van der Waals surface area contributed by atoms with Crippen LogP contribution in [0.4, 0.5) is 5.82 Å². The van der Waals surface area contributed by atoms with Crippen LogP contribution in [0.15, 0.2) is 29.2 Å². The van der Waals surface area contributed by atoms with Crippen LogP contribution in [0.1, 0.15) is 0 Å². The number of primary sulfonamides is 1. The number of benzene rings is 1. The van der Waals surface area contributed by atoms with Crippen LogP contribution in [-0.2, 0) is 10.0 Å². The van der Waals surface area contributed by atoms with E-state index in [9.17, 15) is 18.5 Å². The van der Waals surface area contributed by atoms with Gasteiger partial charge in [0.05, 0.1) is 0 Å². The third-order valence-corrected chi connectivity index (χ3v) is 3.09. The molecule has 0 amide bonds. The standard InChI is InChI=1S/C8H7N3O4S/c9-16(14,15)7-5-3-1-2-4-6(5)10-8(7)11(12)13/h1-4,10H,(H2,9,14,15). The first-order chi connectivity index (χ1) is 7.41. The molecule has 0 saturated heterocycles. The Balaban J connectivity index is 2.97. The summed E-state index contributed by atoms with van der Waals surface area (Å²) in [5, 5.41) is 15.9. The van der Waals surface area contributed by atoms with E-state index in [0.29, 0.717) is 5.52 Å². The summed E-state index contributed by atoms with van der Waals surface area (Å²) < 4.78 is 22.6. The molecule has 0 spiro atoms. The smallest absolute Gasteiger partial charge is 0.342 e. The van der Waals surface area contributed by atoms with Gasteiger partial charge in [-0.05, 0) is 17.1 Å².